The summed E-state index contributed by atoms with van der Waals surface area (Å²) >= 11 is 18.0. The summed E-state index contributed by atoms with van der Waals surface area (Å²) in [6.45, 7) is 2.16. The topological polar surface area (TPSA) is 26.0 Å². The molecule has 0 amide bonds. The van der Waals surface area contributed by atoms with Crippen LogP contribution in [0.15, 0.2) is 12.1 Å². The van der Waals surface area contributed by atoms with Gasteiger partial charge >= 0.3 is 0 Å². The van der Waals surface area contributed by atoms with Crippen LogP contribution in [-0.2, 0) is 0 Å². The molecule has 0 radical (unpaired) electrons. The second-order valence-electron chi connectivity index (χ2n) is 3.89. The van der Waals surface area contributed by atoms with Crippen LogP contribution >= 0.6 is 47.2 Å². The predicted molar refractivity (Wildman–Crippen MR) is 79.8 cm³/mol. The Kier molecular flexibility index (Phi) is 8.61. The predicted octanol–water partition coefficient (Wildman–Crippen LogP) is 5.65. The number of nitrogens with two attached hydrogens (primary N) is 1. The molecule has 0 bridgehead atoms. The molecule has 2 N–H and O–H groups in total. The number of benzene rings is 1. The van der Waals surface area contributed by atoms with Gasteiger partial charge < -0.3 is 5.73 Å². The summed E-state index contributed by atoms with van der Waals surface area (Å²) in [5, 5.41) is 1.57. The van der Waals surface area contributed by atoms with Crippen molar-refractivity contribution in [3.8, 4) is 0 Å². The molecule has 0 saturated heterocycles. The van der Waals surface area contributed by atoms with E-state index in [4.69, 9.17) is 40.5 Å². The summed E-state index contributed by atoms with van der Waals surface area (Å²) in [6.07, 6.45) is 4.36. The molecule has 0 saturated carbocycles. The van der Waals surface area contributed by atoms with E-state index in [0.29, 0.717) is 15.1 Å². The monoisotopic (exact) mass is 315 g/mol. The molecule has 0 heterocycles. The minimum Gasteiger partial charge on any atom is -0.324 e. The van der Waals surface area contributed by atoms with Crippen LogP contribution in [0.1, 0.15) is 44.2 Å². The van der Waals surface area contributed by atoms with Crippen LogP contribution in [0.4, 0.5) is 0 Å². The van der Waals surface area contributed by atoms with Crippen LogP contribution < -0.4 is 5.73 Å². The van der Waals surface area contributed by atoms with Crippen molar-refractivity contribution < 1.29 is 0 Å². The molecule has 0 aliphatic heterocycles. The number of hydrogen-bond acceptors (Lipinski definition) is 1. The molecule has 5 heteroatoms. The third-order valence-electron chi connectivity index (χ3n) is 2.54. The fourth-order valence-electron chi connectivity index (χ4n) is 1.62. The van der Waals surface area contributed by atoms with Crippen LogP contribution in [0.2, 0.25) is 15.1 Å². The van der Waals surface area contributed by atoms with Gasteiger partial charge in [-0.2, -0.15) is 0 Å². The van der Waals surface area contributed by atoms with Gasteiger partial charge in [0, 0.05) is 11.1 Å². The Labute approximate surface area is 124 Å². The van der Waals surface area contributed by atoms with Crippen molar-refractivity contribution in [2.75, 3.05) is 0 Å². The van der Waals surface area contributed by atoms with E-state index < -0.39 is 0 Å². The van der Waals surface area contributed by atoms with Crippen LogP contribution in [0, 0.1) is 0 Å². The Balaban J connectivity index is 0.00000256. The number of halogens is 4. The van der Waals surface area contributed by atoms with Crippen molar-refractivity contribution in [1.82, 2.24) is 0 Å². The quantitative estimate of drug-likeness (QED) is 0.551. The van der Waals surface area contributed by atoms with Gasteiger partial charge in [-0.1, -0.05) is 61.0 Å². The average molecular weight is 317 g/mol. The first-order valence-electron chi connectivity index (χ1n) is 5.46. The van der Waals surface area contributed by atoms with E-state index in [1.807, 2.05) is 0 Å². The summed E-state index contributed by atoms with van der Waals surface area (Å²) in [5.41, 5.74) is 6.92. The molecule has 1 aromatic carbocycles. The normalized spacial score (nSPS) is 12.1. The third kappa shape index (κ3) is 5.23. The molecule has 1 nitrogen and oxygen atoms in total. The van der Waals surface area contributed by atoms with Gasteiger partial charge in [0.15, 0.2) is 0 Å². The highest BCUT2D eigenvalue weighted by atomic mass is 35.5. The summed E-state index contributed by atoms with van der Waals surface area (Å²) in [7, 11) is 0. The first-order valence-corrected chi connectivity index (χ1v) is 6.59. The molecule has 98 valence electrons. The first kappa shape index (κ1) is 17.3. The van der Waals surface area contributed by atoms with E-state index in [1.165, 1.54) is 12.8 Å². The van der Waals surface area contributed by atoms with Crippen LogP contribution in [0.25, 0.3) is 0 Å². The van der Waals surface area contributed by atoms with Crippen molar-refractivity contribution in [3.63, 3.8) is 0 Å². The van der Waals surface area contributed by atoms with Crippen molar-refractivity contribution in [3.05, 3.63) is 32.8 Å². The van der Waals surface area contributed by atoms with E-state index in [9.17, 15) is 0 Å². The van der Waals surface area contributed by atoms with Gasteiger partial charge in [0.05, 0.1) is 10.0 Å². The van der Waals surface area contributed by atoms with E-state index in [2.05, 4.69) is 6.92 Å². The van der Waals surface area contributed by atoms with E-state index in [1.54, 1.807) is 12.1 Å². The Hall–Kier alpha value is 0.340. The molecule has 0 spiro atoms. The lowest BCUT2D eigenvalue weighted by Gasteiger charge is -2.14. The maximum Gasteiger partial charge on any atom is 0.0641 e. The Bertz CT molecular complexity index is 355. The zero-order valence-electron chi connectivity index (χ0n) is 9.68. The molecule has 1 aromatic rings. The van der Waals surface area contributed by atoms with Gasteiger partial charge in [-0.15, -0.1) is 12.4 Å². The van der Waals surface area contributed by atoms with Gasteiger partial charge in [-0.05, 0) is 24.1 Å². The van der Waals surface area contributed by atoms with Crippen LogP contribution in [0.5, 0.6) is 0 Å². The molecular formula is C12H17Cl4N. The number of hydrogen-bond donors (Lipinski definition) is 1. The van der Waals surface area contributed by atoms with Gasteiger partial charge in [-0.25, -0.2) is 0 Å². The summed E-state index contributed by atoms with van der Waals surface area (Å²) in [4.78, 5) is 0. The fraction of sp³-hybridized carbons (Fsp3) is 0.500. The summed E-state index contributed by atoms with van der Waals surface area (Å²) < 4.78 is 0. The average Bonchev–Trinajstić information content (AvgIpc) is 2.23. The Morgan fingerprint density at radius 1 is 1.18 bits per heavy atom. The lowest BCUT2D eigenvalue weighted by molar-refractivity contribution is 0.581. The van der Waals surface area contributed by atoms with Gasteiger partial charge in [-0.3, -0.25) is 0 Å². The molecular weight excluding hydrogens is 300 g/mol. The van der Waals surface area contributed by atoms with Gasteiger partial charge in [0.2, 0.25) is 0 Å². The molecule has 0 aliphatic carbocycles. The first-order chi connectivity index (χ1) is 7.56. The van der Waals surface area contributed by atoms with Crippen molar-refractivity contribution in [2.45, 2.75) is 38.6 Å². The van der Waals surface area contributed by atoms with Crippen molar-refractivity contribution in [1.29, 1.82) is 0 Å². The highest BCUT2D eigenvalue weighted by Crippen LogP contribution is 2.34. The summed E-state index contributed by atoms with van der Waals surface area (Å²) in [6, 6.07) is 3.34. The summed E-state index contributed by atoms with van der Waals surface area (Å²) in [5.74, 6) is 0. The lowest BCUT2D eigenvalue weighted by Crippen LogP contribution is -2.10. The molecule has 1 atom stereocenters. The zero-order chi connectivity index (χ0) is 12.1. The highest BCUT2D eigenvalue weighted by Gasteiger charge is 2.13. The van der Waals surface area contributed by atoms with Gasteiger partial charge in [0.1, 0.15) is 0 Å². The molecule has 0 fully saturated rings. The fourth-order valence-corrected chi connectivity index (χ4v) is 2.37. The minimum atomic E-state index is -0.0877. The van der Waals surface area contributed by atoms with Crippen molar-refractivity contribution >= 4 is 47.2 Å². The van der Waals surface area contributed by atoms with Crippen molar-refractivity contribution in [2.24, 2.45) is 5.73 Å². The number of unbranched alkanes of at least 4 members (excludes halogenated alkanes) is 2. The lowest BCUT2D eigenvalue weighted by atomic mass is 10.0. The smallest absolute Gasteiger partial charge is 0.0641 e. The zero-order valence-corrected chi connectivity index (χ0v) is 12.8. The van der Waals surface area contributed by atoms with Crippen LogP contribution in [-0.4, -0.2) is 0 Å². The number of rotatable bonds is 5. The maximum absolute atomic E-state index is 6.10. The second-order valence-corrected chi connectivity index (χ2v) is 5.11. The standard InChI is InChI=1S/C12H16Cl3N.ClH/c1-2-3-4-5-11(16)9-6-8(13)7-10(14)12(9)15;/h6-7,11H,2-5,16H2,1H3;1H/t11-;/m1./s1. The molecule has 1 rings (SSSR count). The largest absolute Gasteiger partial charge is 0.324 e. The van der Waals surface area contributed by atoms with E-state index in [-0.39, 0.29) is 18.4 Å². The Morgan fingerprint density at radius 2 is 1.82 bits per heavy atom. The third-order valence-corrected chi connectivity index (χ3v) is 3.57. The minimum absolute atomic E-state index is 0. The second kappa shape index (κ2) is 8.44. The molecule has 0 aliphatic rings. The van der Waals surface area contributed by atoms with E-state index in [0.717, 1.165) is 18.4 Å². The van der Waals surface area contributed by atoms with Crippen LogP contribution in [0.3, 0.4) is 0 Å². The van der Waals surface area contributed by atoms with E-state index >= 15 is 0 Å². The SMILES string of the molecule is CCCCC[C@@H](N)c1cc(Cl)cc(Cl)c1Cl.Cl. The highest BCUT2D eigenvalue weighted by molar-refractivity contribution is 6.43. The molecule has 0 unspecified atom stereocenters. The molecule has 0 aromatic heterocycles. The Morgan fingerprint density at radius 3 is 2.41 bits per heavy atom. The van der Waals surface area contributed by atoms with Gasteiger partial charge in [0.25, 0.3) is 0 Å². The molecule has 17 heavy (non-hydrogen) atoms. The maximum atomic E-state index is 6.10.